The molecule has 2 N–H and O–H groups in total. The smallest absolute Gasteiger partial charge is 0.323 e. The fraction of sp³-hybridized carbons (Fsp3) is 0.231. The molecule has 2 fully saturated rings. The zero-order valence-electron chi connectivity index (χ0n) is 36.0. The average Bonchev–Trinajstić information content (AvgIpc) is 3.69. The first-order valence-corrected chi connectivity index (χ1v) is 24.2. The van der Waals surface area contributed by atoms with E-state index in [1.807, 2.05) is 48.5 Å². The Labute approximate surface area is 397 Å². The van der Waals surface area contributed by atoms with Gasteiger partial charge in [-0.2, -0.15) is 0 Å². The van der Waals surface area contributed by atoms with E-state index in [0.717, 1.165) is 95.9 Å². The van der Waals surface area contributed by atoms with E-state index in [4.69, 9.17) is 24.4 Å². The van der Waals surface area contributed by atoms with Crippen LogP contribution in [0.15, 0.2) is 113 Å². The van der Waals surface area contributed by atoms with Crippen molar-refractivity contribution < 1.29 is 29.4 Å². The van der Waals surface area contributed by atoms with E-state index in [9.17, 15) is 29.4 Å². The van der Waals surface area contributed by atoms with Crippen LogP contribution in [-0.4, -0.2) is 65.5 Å². The lowest BCUT2D eigenvalue weighted by Gasteiger charge is -2.26. The second-order valence-corrected chi connectivity index (χ2v) is 19.7. The Morgan fingerprint density at radius 1 is 0.538 bits per heavy atom. The quantitative estimate of drug-likeness (QED) is 0.0394. The number of carboxylic acid groups (broad SMARTS) is 2. The zero-order chi connectivity index (χ0) is 45.8. The van der Waals surface area contributed by atoms with Gasteiger partial charge in [-0.15, -0.1) is 0 Å². The third-order valence-corrected chi connectivity index (χ3v) is 14.4. The topological polar surface area (TPSA) is 118 Å². The number of carboxylic acids is 2. The van der Waals surface area contributed by atoms with Crippen molar-refractivity contribution in [3.8, 4) is 0 Å². The lowest BCUT2D eigenvalue weighted by molar-refractivity contribution is -0.140. The Morgan fingerprint density at radius 3 is 1.48 bits per heavy atom. The van der Waals surface area contributed by atoms with Gasteiger partial charge in [-0.25, -0.2) is 0 Å². The van der Waals surface area contributed by atoms with Crippen LogP contribution in [0.5, 0.6) is 0 Å². The second-order valence-electron chi connectivity index (χ2n) is 16.3. The van der Waals surface area contributed by atoms with Crippen molar-refractivity contribution in [3.05, 3.63) is 135 Å². The molecule has 2 heterocycles. The first kappa shape index (κ1) is 45.7. The maximum absolute atomic E-state index is 13.1. The van der Waals surface area contributed by atoms with Crippen molar-refractivity contribution in [2.45, 2.75) is 65.2 Å². The number of aliphatic carboxylic acids is 2. The minimum Gasteiger partial charge on any atom is -0.480 e. The number of anilines is 3. The van der Waals surface area contributed by atoms with Gasteiger partial charge in [0.2, 0.25) is 0 Å². The van der Waals surface area contributed by atoms with Crippen LogP contribution < -0.4 is 4.90 Å². The summed E-state index contributed by atoms with van der Waals surface area (Å²) < 4.78 is 0.436. The molecule has 6 aromatic carbocycles. The molecule has 0 saturated carbocycles. The Bertz CT molecular complexity index is 2980. The fourth-order valence-corrected chi connectivity index (χ4v) is 10.9. The number of rotatable bonds is 17. The summed E-state index contributed by atoms with van der Waals surface area (Å²) in [7, 11) is 0. The first-order chi connectivity index (χ1) is 31.4. The number of carbonyl (C=O) groups is 4. The minimum absolute atomic E-state index is 0.216. The number of fused-ring (bicyclic) bond motifs is 3. The maximum Gasteiger partial charge on any atom is 0.323 e. The molecule has 0 aliphatic carbocycles. The van der Waals surface area contributed by atoms with Gasteiger partial charge in [-0.3, -0.25) is 29.0 Å². The molecule has 9 nitrogen and oxygen atoms in total. The summed E-state index contributed by atoms with van der Waals surface area (Å²) >= 11 is 12.8. The van der Waals surface area contributed by atoms with Gasteiger partial charge in [0.1, 0.15) is 21.7 Å². The minimum atomic E-state index is -1.13. The highest BCUT2D eigenvalue weighted by Crippen LogP contribution is 2.40. The van der Waals surface area contributed by atoms with Gasteiger partial charge in [-0.05, 0) is 147 Å². The summed E-state index contributed by atoms with van der Waals surface area (Å²) in [6, 6.07) is 36.1. The van der Waals surface area contributed by atoms with Crippen molar-refractivity contribution in [2.75, 3.05) is 18.0 Å². The van der Waals surface area contributed by atoms with Crippen LogP contribution in [0, 0.1) is 0 Å². The van der Waals surface area contributed by atoms with E-state index in [1.54, 1.807) is 12.2 Å². The number of thioether (sulfide) groups is 2. The first-order valence-electron chi connectivity index (χ1n) is 21.8. The predicted molar refractivity (Wildman–Crippen MR) is 275 cm³/mol. The van der Waals surface area contributed by atoms with Gasteiger partial charge in [0, 0.05) is 17.1 Å². The van der Waals surface area contributed by atoms with Crippen LogP contribution in [-0.2, 0) is 32.0 Å². The van der Waals surface area contributed by atoms with E-state index in [2.05, 4.69) is 73.3 Å². The summed E-state index contributed by atoms with van der Waals surface area (Å²) in [5, 5.41) is 25.2. The predicted octanol–water partition coefficient (Wildman–Crippen LogP) is 12.7. The highest BCUT2D eigenvalue weighted by Gasteiger charge is 2.34. The highest BCUT2D eigenvalue weighted by molar-refractivity contribution is 8.27. The SMILES string of the molecule is CCCCCc1cc2cc3ccc(N(c4ccc(/C=C5/SC(=S)N(CC(=O)O)C5=O)cc4)c4ccc5cc(/C=C6\SC(=S)N(CC(=O)O)C6=O)ccc5c4)cc3cc2cc1CCCCC. The number of carbonyl (C=O) groups excluding carboxylic acids is 2. The van der Waals surface area contributed by atoms with Crippen molar-refractivity contribution in [1.29, 1.82) is 0 Å². The third-order valence-electron chi connectivity index (χ3n) is 11.6. The van der Waals surface area contributed by atoms with Crippen LogP contribution >= 0.6 is 48.0 Å². The molecule has 13 heteroatoms. The molecule has 0 bridgehead atoms. The number of unbranched alkanes of at least 4 members (excludes halogenated alkanes) is 4. The van der Waals surface area contributed by atoms with Crippen LogP contribution in [0.3, 0.4) is 0 Å². The van der Waals surface area contributed by atoms with Crippen molar-refractivity contribution in [3.63, 3.8) is 0 Å². The maximum atomic E-state index is 13.1. The number of hydrogen-bond acceptors (Lipinski definition) is 9. The summed E-state index contributed by atoms with van der Waals surface area (Å²) in [5.41, 5.74) is 7.24. The lowest BCUT2D eigenvalue weighted by Crippen LogP contribution is -2.33. The van der Waals surface area contributed by atoms with Gasteiger partial charge >= 0.3 is 11.9 Å². The van der Waals surface area contributed by atoms with Gasteiger partial charge < -0.3 is 15.1 Å². The molecule has 330 valence electrons. The monoisotopic (exact) mass is 937 g/mol. The number of aryl methyl sites for hydroxylation is 2. The molecule has 2 amide bonds. The van der Waals surface area contributed by atoms with E-state index < -0.39 is 36.8 Å². The number of benzene rings is 6. The molecule has 0 atom stereocenters. The number of amides is 2. The third kappa shape index (κ3) is 10.3. The number of thiocarbonyl (C=S) groups is 2. The molecular weight excluding hydrogens is 891 g/mol. The normalized spacial score (nSPS) is 15.5. The Morgan fingerprint density at radius 2 is 0.954 bits per heavy atom. The van der Waals surface area contributed by atoms with Gasteiger partial charge in [-0.1, -0.05) is 136 Å². The number of nitrogens with zero attached hydrogens (tertiary/aromatic N) is 3. The van der Waals surface area contributed by atoms with E-state index in [1.165, 1.54) is 60.4 Å². The number of hydrogen-bond donors (Lipinski definition) is 2. The Balaban J connectivity index is 1.17. The second kappa shape index (κ2) is 20.1. The zero-order valence-corrected chi connectivity index (χ0v) is 39.3. The van der Waals surface area contributed by atoms with Crippen LogP contribution in [0.1, 0.15) is 74.6 Å². The van der Waals surface area contributed by atoms with Crippen molar-refractivity contribution in [2.24, 2.45) is 0 Å². The van der Waals surface area contributed by atoms with Gasteiger partial charge in [0.25, 0.3) is 11.8 Å². The van der Waals surface area contributed by atoms with Crippen molar-refractivity contribution in [1.82, 2.24) is 9.80 Å². The Hall–Kier alpha value is -5.86. The van der Waals surface area contributed by atoms with E-state index >= 15 is 0 Å². The molecule has 0 unspecified atom stereocenters. The summed E-state index contributed by atoms with van der Waals surface area (Å²) in [4.78, 5) is 53.9. The fourth-order valence-electron chi connectivity index (χ4n) is 8.36. The van der Waals surface area contributed by atoms with Crippen LogP contribution in [0.25, 0.3) is 44.5 Å². The summed E-state index contributed by atoms with van der Waals surface area (Å²) in [5.74, 6) is -3.10. The van der Waals surface area contributed by atoms with Gasteiger partial charge in [0.05, 0.1) is 9.81 Å². The lowest BCUT2D eigenvalue weighted by atomic mass is 9.92. The summed E-state index contributed by atoms with van der Waals surface area (Å²) in [6.07, 6.45) is 12.9. The molecule has 2 saturated heterocycles. The molecule has 0 radical (unpaired) electrons. The van der Waals surface area contributed by atoms with Gasteiger partial charge in [0.15, 0.2) is 0 Å². The average molecular weight is 938 g/mol. The van der Waals surface area contributed by atoms with Crippen molar-refractivity contribution >= 4 is 142 Å². The molecule has 8 rings (SSSR count). The Kier molecular flexibility index (Phi) is 14.1. The molecule has 0 spiro atoms. The standard InChI is InChI=1S/C52H47N3O6S4/c1-3-5-7-9-34-24-39-26-37-16-20-44(29-41(37)27-40(39)25-35(34)10-8-6-4-2)55(42-17-12-32(13-18-42)22-45-49(60)53(30-47(56)57)51(62)64-45)43-19-15-36-21-33(11-14-38(36)28-43)23-46-50(61)54(31-48(58)59)52(63)65-46/h11-29H,3-10,30-31H2,1-2H3,(H,56,57)(H,58,59)/b45-22+,46-23-. The van der Waals surface area contributed by atoms with Crippen LogP contribution in [0.2, 0.25) is 0 Å². The highest BCUT2D eigenvalue weighted by atomic mass is 32.2. The molecular formula is C52H47N3O6S4. The van der Waals surface area contributed by atoms with E-state index in [-0.39, 0.29) is 8.64 Å². The molecule has 65 heavy (non-hydrogen) atoms. The van der Waals surface area contributed by atoms with Crippen LogP contribution in [0.4, 0.5) is 17.1 Å². The molecule has 2 aliphatic rings. The summed E-state index contributed by atoms with van der Waals surface area (Å²) in [6.45, 7) is 3.54. The largest absolute Gasteiger partial charge is 0.480 e. The van der Waals surface area contributed by atoms with E-state index in [0.29, 0.717) is 9.81 Å². The molecule has 2 aliphatic heterocycles. The molecule has 6 aromatic rings. The molecule has 0 aromatic heterocycles.